The molecule has 2 aromatic carbocycles. The van der Waals surface area contributed by atoms with Gasteiger partial charge in [-0.1, -0.05) is 63.2 Å². The zero-order valence-electron chi connectivity index (χ0n) is 15.6. The van der Waals surface area contributed by atoms with E-state index in [1.54, 1.807) is 12.1 Å². The van der Waals surface area contributed by atoms with E-state index in [-0.39, 0.29) is 0 Å². The molecule has 0 aliphatic carbocycles. The molecule has 0 saturated heterocycles. The molecule has 2 atom stereocenters. The van der Waals surface area contributed by atoms with E-state index in [0.29, 0.717) is 12.0 Å². The summed E-state index contributed by atoms with van der Waals surface area (Å²) >= 11 is 0. The van der Waals surface area contributed by atoms with Crippen LogP contribution in [0.5, 0.6) is 5.75 Å². The summed E-state index contributed by atoms with van der Waals surface area (Å²) in [6, 6.07) is 17.3. The first-order valence-electron chi connectivity index (χ1n) is 8.71. The van der Waals surface area contributed by atoms with Crippen molar-refractivity contribution in [3.05, 3.63) is 67.3 Å². The quantitative estimate of drug-likeness (QED) is 0.678. The lowest BCUT2D eigenvalue weighted by molar-refractivity contribution is -0.168. The number of ether oxygens (including phenoxy) is 1. The second kappa shape index (κ2) is 7.32. The van der Waals surface area contributed by atoms with Gasteiger partial charge in [0.2, 0.25) is 0 Å². The zero-order valence-corrected chi connectivity index (χ0v) is 15.6. The number of hydrogen-bond acceptors (Lipinski definition) is 5. The van der Waals surface area contributed by atoms with Crippen LogP contribution in [0.2, 0.25) is 0 Å². The van der Waals surface area contributed by atoms with Gasteiger partial charge in [-0.15, -0.1) is 0 Å². The third-order valence-corrected chi connectivity index (χ3v) is 4.40. The van der Waals surface area contributed by atoms with Gasteiger partial charge in [0.25, 0.3) is 5.72 Å². The summed E-state index contributed by atoms with van der Waals surface area (Å²) in [6.45, 7) is 5.48. The van der Waals surface area contributed by atoms with Gasteiger partial charge in [-0.3, -0.25) is 4.79 Å². The fourth-order valence-electron chi connectivity index (χ4n) is 2.91. The SMILES string of the molecule is CC(C)(C)C(O)C(C=O)(Oc1ccc(-c2ccccc2)cc1)n1cncn1. The highest BCUT2D eigenvalue weighted by Gasteiger charge is 2.49. The normalized spacial score (nSPS) is 15.0. The first-order chi connectivity index (χ1) is 12.9. The number of aromatic nitrogens is 3. The van der Waals surface area contributed by atoms with Crippen molar-refractivity contribution in [2.75, 3.05) is 0 Å². The van der Waals surface area contributed by atoms with Gasteiger partial charge in [0.1, 0.15) is 24.5 Å². The third kappa shape index (κ3) is 3.75. The van der Waals surface area contributed by atoms with Gasteiger partial charge < -0.3 is 9.84 Å². The molecule has 0 aliphatic heterocycles. The molecule has 6 nitrogen and oxygen atoms in total. The molecule has 2 unspecified atom stereocenters. The highest BCUT2D eigenvalue weighted by molar-refractivity contribution is 5.65. The maximum atomic E-state index is 12.1. The summed E-state index contributed by atoms with van der Waals surface area (Å²) in [5.41, 5.74) is -0.242. The monoisotopic (exact) mass is 365 g/mol. The molecule has 0 fully saturated rings. The van der Waals surface area contributed by atoms with Crippen LogP contribution in [0.4, 0.5) is 0 Å². The second-order valence-electron chi connectivity index (χ2n) is 7.47. The molecule has 1 heterocycles. The summed E-state index contributed by atoms with van der Waals surface area (Å²) in [7, 11) is 0. The minimum atomic E-state index is -1.72. The second-order valence-corrected chi connectivity index (χ2v) is 7.47. The van der Waals surface area contributed by atoms with Gasteiger partial charge in [-0.2, -0.15) is 5.10 Å². The molecule has 1 N–H and O–H groups in total. The van der Waals surface area contributed by atoms with E-state index in [0.717, 1.165) is 11.1 Å². The Bertz CT molecular complexity index is 871. The van der Waals surface area contributed by atoms with E-state index >= 15 is 0 Å². The molecule has 0 bridgehead atoms. The molecule has 0 saturated carbocycles. The summed E-state index contributed by atoms with van der Waals surface area (Å²) in [6.07, 6.45) is 2.08. The van der Waals surface area contributed by atoms with Crippen LogP contribution < -0.4 is 4.74 Å². The number of carbonyl (C=O) groups excluding carboxylic acids is 1. The zero-order chi connectivity index (χ0) is 19.5. The van der Waals surface area contributed by atoms with Crippen molar-refractivity contribution in [3.63, 3.8) is 0 Å². The lowest BCUT2D eigenvalue weighted by atomic mass is 9.83. The summed E-state index contributed by atoms with van der Waals surface area (Å²) in [4.78, 5) is 16.0. The van der Waals surface area contributed by atoms with Crippen LogP contribution in [-0.2, 0) is 10.5 Å². The Morgan fingerprint density at radius 3 is 2.19 bits per heavy atom. The molecule has 0 amide bonds. The van der Waals surface area contributed by atoms with Crippen molar-refractivity contribution in [1.29, 1.82) is 0 Å². The third-order valence-electron chi connectivity index (χ3n) is 4.40. The van der Waals surface area contributed by atoms with Crippen molar-refractivity contribution >= 4 is 6.29 Å². The first-order valence-corrected chi connectivity index (χ1v) is 8.71. The van der Waals surface area contributed by atoms with E-state index in [1.807, 2.05) is 63.2 Å². The van der Waals surface area contributed by atoms with Crippen molar-refractivity contribution in [1.82, 2.24) is 14.8 Å². The topological polar surface area (TPSA) is 77.2 Å². The molecular weight excluding hydrogens is 342 g/mol. The standard InChI is InChI=1S/C21H23N3O3/c1-20(2,3)19(26)21(13-25,24-15-22-14-23-24)27-18-11-9-17(10-12-18)16-7-5-4-6-8-16/h4-15,19,26H,1-3H3. The molecule has 140 valence electrons. The molecule has 0 spiro atoms. The maximum absolute atomic E-state index is 12.1. The number of aldehydes is 1. The van der Waals surface area contributed by atoms with Crippen molar-refractivity contribution in [3.8, 4) is 16.9 Å². The molecule has 6 heteroatoms. The van der Waals surface area contributed by atoms with Crippen molar-refractivity contribution < 1.29 is 14.6 Å². The van der Waals surface area contributed by atoms with E-state index in [1.165, 1.54) is 17.3 Å². The Hall–Kier alpha value is -2.99. The molecule has 3 rings (SSSR count). The van der Waals surface area contributed by atoms with Crippen LogP contribution >= 0.6 is 0 Å². The van der Waals surface area contributed by atoms with E-state index in [9.17, 15) is 9.90 Å². The van der Waals surface area contributed by atoms with E-state index in [4.69, 9.17) is 4.74 Å². The predicted molar refractivity (Wildman–Crippen MR) is 102 cm³/mol. The van der Waals surface area contributed by atoms with Gasteiger partial charge in [0.05, 0.1) is 0 Å². The Morgan fingerprint density at radius 1 is 1.04 bits per heavy atom. The number of hydrogen-bond donors (Lipinski definition) is 1. The largest absolute Gasteiger partial charge is 0.456 e. The number of aliphatic hydroxyl groups excluding tert-OH is 1. The molecule has 3 aromatic rings. The fraction of sp³-hybridized carbons (Fsp3) is 0.286. The number of rotatable bonds is 6. The number of benzene rings is 2. The smallest absolute Gasteiger partial charge is 0.285 e. The highest BCUT2D eigenvalue weighted by Crippen LogP contribution is 2.34. The Labute approximate surface area is 158 Å². The lowest BCUT2D eigenvalue weighted by Crippen LogP contribution is -2.56. The van der Waals surface area contributed by atoms with Gasteiger partial charge in [0, 0.05) is 0 Å². The Balaban J connectivity index is 1.96. The van der Waals surface area contributed by atoms with Gasteiger partial charge in [0.15, 0.2) is 6.29 Å². The number of carbonyl (C=O) groups is 1. The fourth-order valence-corrected chi connectivity index (χ4v) is 2.91. The van der Waals surface area contributed by atoms with Gasteiger partial charge >= 0.3 is 0 Å². The lowest BCUT2D eigenvalue weighted by Gasteiger charge is -2.39. The molecule has 1 aromatic heterocycles. The van der Waals surface area contributed by atoms with Crippen LogP contribution in [0.1, 0.15) is 20.8 Å². The van der Waals surface area contributed by atoms with Crippen LogP contribution in [0.25, 0.3) is 11.1 Å². The molecule has 27 heavy (non-hydrogen) atoms. The summed E-state index contributed by atoms with van der Waals surface area (Å²) < 4.78 is 7.27. The minimum absolute atomic E-state index is 0.445. The van der Waals surface area contributed by atoms with Crippen LogP contribution in [0.15, 0.2) is 67.3 Å². The van der Waals surface area contributed by atoms with Crippen LogP contribution in [-0.4, -0.2) is 32.3 Å². The number of aliphatic hydroxyl groups is 1. The summed E-state index contributed by atoms with van der Waals surface area (Å²) in [5.74, 6) is 0.445. The van der Waals surface area contributed by atoms with Crippen LogP contribution in [0.3, 0.4) is 0 Å². The molecule has 0 aliphatic rings. The number of nitrogens with zero attached hydrogens (tertiary/aromatic N) is 3. The van der Waals surface area contributed by atoms with Crippen molar-refractivity contribution in [2.45, 2.75) is 32.6 Å². The van der Waals surface area contributed by atoms with Crippen LogP contribution in [0, 0.1) is 5.41 Å². The Kier molecular flexibility index (Phi) is 5.10. The predicted octanol–water partition coefficient (Wildman–Crippen LogP) is 3.28. The van der Waals surface area contributed by atoms with E-state index < -0.39 is 17.2 Å². The highest BCUT2D eigenvalue weighted by atomic mass is 16.5. The van der Waals surface area contributed by atoms with Gasteiger partial charge in [-0.05, 0) is 28.7 Å². The van der Waals surface area contributed by atoms with Gasteiger partial charge in [-0.25, -0.2) is 9.67 Å². The molecule has 0 radical (unpaired) electrons. The van der Waals surface area contributed by atoms with Crippen molar-refractivity contribution in [2.24, 2.45) is 5.41 Å². The maximum Gasteiger partial charge on any atom is 0.285 e. The Morgan fingerprint density at radius 2 is 1.67 bits per heavy atom. The average molecular weight is 365 g/mol. The minimum Gasteiger partial charge on any atom is -0.456 e. The van der Waals surface area contributed by atoms with E-state index in [2.05, 4.69) is 10.1 Å². The molecular formula is C21H23N3O3. The summed E-state index contributed by atoms with van der Waals surface area (Å²) in [5, 5.41) is 15.0. The first kappa shape index (κ1) is 18.8. The average Bonchev–Trinajstić information content (AvgIpc) is 3.21.